The van der Waals surface area contributed by atoms with Gasteiger partial charge in [0.1, 0.15) is 0 Å². The van der Waals surface area contributed by atoms with Crippen LogP contribution in [-0.2, 0) is 17.9 Å². The van der Waals surface area contributed by atoms with Gasteiger partial charge >= 0.3 is 0 Å². The maximum atomic E-state index is 12.8. The van der Waals surface area contributed by atoms with Crippen molar-refractivity contribution in [1.82, 2.24) is 14.4 Å². The molecule has 2 heterocycles. The number of aryl methyl sites for hydroxylation is 2. The van der Waals surface area contributed by atoms with Crippen molar-refractivity contribution in [3.8, 4) is 6.07 Å². The van der Waals surface area contributed by atoms with Crippen LogP contribution in [0.4, 0.5) is 0 Å². The van der Waals surface area contributed by atoms with Crippen LogP contribution in [0, 0.1) is 18.3 Å². The third-order valence-electron chi connectivity index (χ3n) is 6.03. The SMILES string of the molecule is Cc1ccccc1CN1CCN(C(=O)/C=C/c2cn(CCC#N)c3ccccc23)CC1. The van der Waals surface area contributed by atoms with Crippen molar-refractivity contribution >= 4 is 22.9 Å². The molecule has 0 unspecified atom stereocenters. The summed E-state index contributed by atoms with van der Waals surface area (Å²) in [7, 11) is 0. The molecular formula is C26H28N4O. The third-order valence-corrected chi connectivity index (χ3v) is 6.03. The predicted molar refractivity (Wildman–Crippen MR) is 124 cm³/mol. The van der Waals surface area contributed by atoms with Gasteiger partial charge in [0.25, 0.3) is 0 Å². The van der Waals surface area contributed by atoms with Crippen molar-refractivity contribution in [2.45, 2.75) is 26.4 Å². The highest BCUT2D eigenvalue weighted by molar-refractivity contribution is 5.96. The Morgan fingerprint density at radius 3 is 2.58 bits per heavy atom. The molecule has 1 saturated heterocycles. The van der Waals surface area contributed by atoms with Crippen molar-refractivity contribution in [1.29, 1.82) is 5.26 Å². The van der Waals surface area contributed by atoms with Gasteiger partial charge in [0.15, 0.2) is 0 Å². The zero-order chi connectivity index (χ0) is 21.6. The summed E-state index contributed by atoms with van der Waals surface area (Å²) < 4.78 is 2.09. The number of carbonyl (C=O) groups excluding carboxylic acids is 1. The monoisotopic (exact) mass is 412 g/mol. The molecule has 31 heavy (non-hydrogen) atoms. The second kappa shape index (κ2) is 9.63. The van der Waals surface area contributed by atoms with Gasteiger partial charge in [-0.1, -0.05) is 42.5 Å². The van der Waals surface area contributed by atoms with E-state index in [1.807, 2.05) is 29.3 Å². The molecule has 1 fully saturated rings. The summed E-state index contributed by atoms with van der Waals surface area (Å²) in [5.74, 6) is 0.0596. The Kier molecular flexibility index (Phi) is 6.49. The number of aromatic nitrogens is 1. The molecule has 0 N–H and O–H groups in total. The van der Waals surface area contributed by atoms with E-state index in [4.69, 9.17) is 5.26 Å². The average Bonchev–Trinajstić information content (AvgIpc) is 3.16. The van der Waals surface area contributed by atoms with Crippen LogP contribution in [-0.4, -0.2) is 46.5 Å². The summed E-state index contributed by atoms with van der Waals surface area (Å²) in [5, 5.41) is 10.0. The normalized spacial score (nSPS) is 14.9. The van der Waals surface area contributed by atoms with Crippen LogP contribution in [0.3, 0.4) is 0 Å². The standard InChI is InChI=1S/C26H28N4O/c1-21-7-2-3-8-22(21)19-28-15-17-29(18-16-28)26(31)12-11-23-20-30(14-6-13-27)25-10-5-4-9-24(23)25/h2-5,7-12,20H,6,14-19H2,1H3/b12-11+. The Balaban J connectivity index is 1.38. The fraction of sp³-hybridized carbons (Fsp3) is 0.308. The summed E-state index contributed by atoms with van der Waals surface area (Å²) in [6.45, 7) is 7.02. The zero-order valence-corrected chi connectivity index (χ0v) is 18.0. The summed E-state index contributed by atoms with van der Waals surface area (Å²) in [6, 6.07) is 18.8. The minimum atomic E-state index is 0.0596. The molecule has 1 aliphatic rings. The molecule has 5 heteroatoms. The third kappa shape index (κ3) is 4.87. The second-order valence-electron chi connectivity index (χ2n) is 8.06. The van der Waals surface area contributed by atoms with Gasteiger partial charge < -0.3 is 9.47 Å². The van der Waals surface area contributed by atoms with E-state index in [0.29, 0.717) is 13.0 Å². The number of carbonyl (C=O) groups is 1. The molecule has 0 spiro atoms. The van der Waals surface area contributed by atoms with Gasteiger partial charge in [-0.3, -0.25) is 9.69 Å². The number of fused-ring (bicyclic) bond motifs is 1. The summed E-state index contributed by atoms with van der Waals surface area (Å²) in [4.78, 5) is 17.1. The number of benzene rings is 2. The molecule has 5 nitrogen and oxygen atoms in total. The van der Waals surface area contributed by atoms with Crippen molar-refractivity contribution < 1.29 is 4.79 Å². The molecule has 0 atom stereocenters. The molecule has 1 aliphatic heterocycles. The molecule has 0 bridgehead atoms. The fourth-order valence-corrected chi connectivity index (χ4v) is 4.18. The van der Waals surface area contributed by atoms with Crippen molar-refractivity contribution in [2.75, 3.05) is 26.2 Å². The van der Waals surface area contributed by atoms with Gasteiger partial charge in [0.2, 0.25) is 5.91 Å². The first-order valence-corrected chi connectivity index (χ1v) is 10.8. The lowest BCUT2D eigenvalue weighted by molar-refractivity contribution is -0.127. The van der Waals surface area contributed by atoms with Crippen LogP contribution in [0.1, 0.15) is 23.1 Å². The van der Waals surface area contributed by atoms with E-state index in [9.17, 15) is 4.79 Å². The highest BCUT2D eigenvalue weighted by Gasteiger charge is 2.20. The summed E-state index contributed by atoms with van der Waals surface area (Å²) in [6.07, 6.45) is 6.10. The van der Waals surface area contributed by atoms with Crippen LogP contribution >= 0.6 is 0 Å². The Morgan fingerprint density at radius 2 is 1.81 bits per heavy atom. The molecular weight excluding hydrogens is 384 g/mol. The average molecular weight is 413 g/mol. The van der Waals surface area contributed by atoms with Gasteiger partial charge in [-0.2, -0.15) is 5.26 Å². The lowest BCUT2D eigenvalue weighted by Gasteiger charge is -2.34. The topological polar surface area (TPSA) is 52.3 Å². The number of nitriles is 1. The maximum Gasteiger partial charge on any atom is 0.246 e. The van der Waals surface area contributed by atoms with Gasteiger partial charge in [0.05, 0.1) is 12.5 Å². The molecule has 3 aromatic rings. The van der Waals surface area contributed by atoms with Crippen LogP contribution in [0.15, 0.2) is 60.8 Å². The Bertz CT molecular complexity index is 1130. The van der Waals surface area contributed by atoms with Crippen molar-refractivity contribution in [3.05, 3.63) is 77.5 Å². The van der Waals surface area contributed by atoms with E-state index < -0.39 is 0 Å². The number of para-hydroxylation sites is 1. The first kappa shape index (κ1) is 20.9. The van der Waals surface area contributed by atoms with Crippen LogP contribution in [0.25, 0.3) is 17.0 Å². The number of piperazine rings is 1. The minimum Gasteiger partial charge on any atom is -0.346 e. The highest BCUT2D eigenvalue weighted by atomic mass is 16.2. The summed E-state index contributed by atoms with van der Waals surface area (Å²) in [5.41, 5.74) is 4.78. The highest BCUT2D eigenvalue weighted by Crippen LogP contribution is 2.23. The lowest BCUT2D eigenvalue weighted by Crippen LogP contribution is -2.47. The van der Waals surface area contributed by atoms with Gasteiger partial charge in [0, 0.05) is 68.0 Å². The van der Waals surface area contributed by atoms with E-state index in [-0.39, 0.29) is 5.91 Å². The second-order valence-corrected chi connectivity index (χ2v) is 8.06. The quantitative estimate of drug-likeness (QED) is 0.570. The lowest BCUT2D eigenvalue weighted by atomic mass is 10.1. The minimum absolute atomic E-state index is 0.0596. The molecule has 0 aliphatic carbocycles. The van der Waals surface area contributed by atoms with Gasteiger partial charge in [-0.05, 0) is 30.2 Å². The number of rotatable bonds is 6. The molecule has 2 aromatic carbocycles. The zero-order valence-electron chi connectivity index (χ0n) is 18.0. The number of amides is 1. The Hall–Kier alpha value is -3.36. The van der Waals surface area contributed by atoms with Crippen LogP contribution < -0.4 is 0 Å². The largest absolute Gasteiger partial charge is 0.346 e. The Morgan fingerprint density at radius 1 is 1.06 bits per heavy atom. The molecule has 1 amide bonds. The predicted octanol–water partition coefficient (Wildman–Crippen LogP) is 4.22. The van der Waals surface area contributed by atoms with Crippen molar-refractivity contribution in [3.63, 3.8) is 0 Å². The number of nitrogens with zero attached hydrogens (tertiary/aromatic N) is 4. The van der Waals surface area contributed by atoms with Gasteiger partial charge in [-0.15, -0.1) is 0 Å². The van der Waals surface area contributed by atoms with E-state index in [2.05, 4.69) is 58.9 Å². The van der Waals surface area contributed by atoms with E-state index >= 15 is 0 Å². The van der Waals surface area contributed by atoms with Crippen LogP contribution in [0.2, 0.25) is 0 Å². The fourth-order valence-electron chi connectivity index (χ4n) is 4.18. The van der Waals surface area contributed by atoms with E-state index in [1.165, 1.54) is 11.1 Å². The first-order valence-electron chi connectivity index (χ1n) is 10.8. The Labute approximate surface area is 183 Å². The number of hydrogen-bond donors (Lipinski definition) is 0. The first-order chi connectivity index (χ1) is 15.2. The van der Waals surface area contributed by atoms with Gasteiger partial charge in [-0.25, -0.2) is 0 Å². The van der Waals surface area contributed by atoms with Crippen LogP contribution in [0.5, 0.6) is 0 Å². The molecule has 0 saturated carbocycles. The maximum absolute atomic E-state index is 12.8. The van der Waals surface area contributed by atoms with Crippen molar-refractivity contribution in [2.24, 2.45) is 0 Å². The molecule has 0 radical (unpaired) electrons. The smallest absolute Gasteiger partial charge is 0.246 e. The summed E-state index contributed by atoms with van der Waals surface area (Å²) >= 11 is 0. The van der Waals surface area contributed by atoms with E-state index in [0.717, 1.165) is 49.2 Å². The van der Waals surface area contributed by atoms with E-state index in [1.54, 1.807) is 6.08 Å². The molecule has 4 rings (SSSR count). The number of hydrogen-bond acceptors (Lipinski definition) is 3. The molecule has 1 aromatic heterocycles. The molecule has 158 valence electrons.